The van der Waals surface area contributed by atoms with E-state index in [-0.39, 0.29) is 12.0 Å². The van der Waals surface area contributed by atoms with E-state index in [9.17, 15) is 9.90 Å². The Kier molecular flexibility index (Phi) is 7.61. The molecule has 0 radical (unpaired) electrons. The smallest absolute Gasteiger partial charge is 0.225 e. The summed E-state index contributed by atoms with van der Waals surface area (Å²) in [4.78, 5) is 20.3. The second kappa shape index (κ2) is 11.1. The topological polar surface area (TPSA) is 64.3 Å². The minimum absolute atomic E-state index is 0.104. The van der Waals surface area contributed by atoms with Crippen molar-refractivity contribution in [1.82, 2.24) is 19.4 Å². The summed E-state index contributed by atoms with van der Waals surface area (Å²) in [6.07, 6.45) is 17.8. The van der Waals surface area contributed by atoms with Crippen molar-refractivity contribution in [2.75, 3.05) is 39.3 Å². The fraction of sp³-hybridized carbons (Fsp3) is 0.677. The van der Waals surface area contributed by atoms with E-state index in [1.165, 1.54) is 36.3 Å². The molecule has 3 fully saturated rings. The number of aromatic nitrogens is 1. The first-order valence-electron chi connectivity index (χ1n) is 15.0. The normalized spacial score (nSPS) is 32.6. The number of hydrogen-bond donors (Lipinski definition) is 1. The number of piperazine rings is 1. The molecule has 2 saturated heterocycles. The molecule has 0 bridgehead atoms. The van der Waals surface area contributed by atoms with Crippen LogP contribution >= 0.6 is 0 Å². The molecule has 0 aromatic carbocycles. The third kappa shape index (κ3) is 5.30. The SMILES string of the molecule is CC(C)N1CC[C@H](C2=CCC(c3cc4n(c3)N=CCC4N3CCN(C(=O)C4CCC(O)CC4)CC3)C=C2)C1. The zero-order valence-electron chi connectivity index (χ0n) is 23.2. The monoisotopic (exact) mass is 519 g/mol. The van der Waals surface area contributed by atoms with Gasteiger partial charge in [-0.15, -0.1) is 0 Å². The molecule has 6 rings (SSSR count). The molecule has 1 N–H and O–H groups in total. The van der Waals surface area contributed by atoms with E-state index >= 15 is 0 Å². The van der Waals surface area contributed by atoms with Crippen molar-refractivity contribution in [3.05, 3.63) is 47.3 Å². The molecule has 3 atom stereocenters. The molecular weight excluding hydrogens is 474 g/mol. The Labute approximate surface area is 227 Å². The van der Waals surface area contributed by atoms with E-state index in [0.29, 0.717) is 29.8 Å². The first-order chi connectivity index (χ1) is 18.5. The van der Waals surface area contributed by atoms with Gasteiger partial charge in [0, 0.05) is 69.4 Å². The first-order valence-corrected chi connectivity index (χ1v) is 15.0. The molecule has 5 aliphatic rings. The van der Waals surface area contributed by atoms with Crippen LogP contribution in [-0.4, -0.2) is 88.0 Å². The van der Waals surface area contributed by atoms with Crippen molar-refractivity contribution in [3.63, 3.8) is 0 Å². The van der Waals surface area contributed by atoms with Crippen LogP contribution in [0, 0.1) is 11.8 Å². The fourth-order valence-corrected chi connectivity index (χ4v) is 7.28. The molecule has 1 saturated carbocycles. The molecule has 7 heteroatoms. The van der Waals surface area contributed by atoms with Crippen LogP contribution in [0.4, 0.5) is 0 Å². The standard InChI is InChI=1S/C31H45N5O2/c1-22(2)35-14-12-26(20-35)23-3-5-24(6-4-23)27-19-30-29(11-13-32-36(30)21-27)33-15-17-34(18-16-33)31(38)25-7-9-28(37)10-8-25/h3-5,13,19,21-22,24-26,28-29,37H,6-12,14-18,20H2,1-2H3/t24?,25?,26-,28?,29?/m0/s1. The second-order valence-electron chi connectivity index (χ2n) is 12.4. The van der Waals surface area contributed by atoms with Gasteiger partial charge in [-0.25, -0.2) is 4.68 Å². The van der Waals surface area contributed by atoms with E-state index in [2.05, 4.69) is 69.9 Å². The number of fused-ring (bicyclic) bond motifs is 1. The third-order valence-electron chi connectivity index (χ3n) is 9.82. The summed E-state index contributed by atoms with van der Waals surface area (Å²) in [5.74, 6) is 1.51. The van der Waals surface area contributed by atoms with Crippen molar-refractivity contribution >= 4 is 12.1 Å². The van der Waals surface area contributed by atoms with Gasteiger partial charge in [-0.2, -0.15) is 5.10 Å². The number of amides is 1. The molecule has 2 aliphatic carbocycles. The van der Waals surface area contributed by atoms with Gasteiger partial charge in [-0.3, -0.25) is 9.69 Å². The van der Waals surface area contributed by atoms with Crippen LogP contribution in [0.1, 0.15) is 82.0 Å². The van der Waals surface area contributed by atoms with Crippen LogP contribution in [-0.2, 0) is 4.79 Å². The van der Waals surface area contributed by atoms with E-state index in [1.807, 2.05) is 0 Å². The van der Waals surface area contributed by atoms with E-state index in [1.54, 1.807) is 0 Å². The molecule has 4 heterocycles. The van der Waals surface area contributed by atoms with Crippen LogP contribution in [0.3, 0.4) is 0 Å². The molecule has 7 nitrogen and oxygen atoms in total. The number of hydrogen-bond acceptors (Lipinski definition) is 5. The molecule has 38 heavy (non-hydrogen) atoms. The van der Waals surface area contributed by atoms with E-state index in [4.69, 9.17) is 5.10 Å². The van der Waals surface area contributed by atoms with E-state index < -0.39 is 0 Å². The van der Waals surface area contributed by atoms with Crippen LogP contribution in [0.15, 0.2) is 41.2 Å². The predicted octanol–water partition coefficient (Wildman–Crippen LogP) is 4.16. The van der Waals surface area contributed by atoms with Gasteiger partial charge in [0.1, 0.15) is 0 Å². The molecule has 3 aliphatic heterocycles. The van der Waals surface area contributed by atoms with Crippen molar-refractivity contribution < 1.29 is 9.90 Å². The van der Waals surface area contributed by atoms with Crippen molar-refractivity contribution in [1.29, 1.82) is 0 Å². The van der Waals surface area contributed by atoms with Crippen molar-refractivity contribution in [2.24, 2.45) is 16.9 Å². The lowest BCUT2D eigenvalue weighted by atomic mass is 9.86. The summed E-state index contributed by atoms with van der Waals surface area (Å²) in [7, 11) is 0. The predicted molar refractivity (Wildman–Crippen MR) is 151 cm³/mol. The molecule has 2 unspecified atom stereocenters. The zero-order chi connectivity index (χ0) is 26.2. The highest BCUT2D eigenvalue weighted by molar-refractivity contribution is 5.79. The lowest BCUT2D eigenvalue weighted by Gasteiger charge is -2.41. The maximum atomic E-state index is 13.1. The number of aliphatic hydroxyl groups excluding tert-OH is 1. The van der Waals surface area contributed by atoms with Gasteiger partial charge in [0.05, 0.1) is 17.8 Å². The minimum Gasteiger partial charge on any atom is -0.393 e. The Morgan fingerprint density at radius 2 is 1.82 bits per heavy atom. The van der Waals surface area contributed by atoms with Gasteiger partial charge < -0.3 is 14.9 Å². The Bertz CT molecular complexity index is 1090. The van der Waals surface area contributed by atoms with Gasteiger partial charge in [0.25, 0.3) is 0 Å². The lowest BCUT2D eigenvalue weighted by molar-refractivity contribution is -0.139. The molecular formula is C31H45N5O2. The van der Waals surface area contributed by atoms with Crippen LogP contribution in [0.5, 0.6) is 0 Å². The largest absolute Gasteiger partial charge is 0.393 e. The number of allylic oxidation sites excluding steroid dienone is 3. The summed E-state index contributed by atoms with van der Waals surface area (Å²) in [5.41, 5.74) is 4.18. The summed E-state index contributed by atoms with van der Waals surface area (Å²) in [6, 6.07) is 3.34. The lowest BCUT2D eigenvalue weighted by Crippen LogP contribution is -2.51. The molecule has 1 aromatic heterocycles. The number of likely N-dealkylation sites (tertiary alicyclic amines) is 1. The van der Waals surface area contributed by atoms with Gasteiger partial charge in [-0.05, 0) is 82.0 Å². The highest BCUT2D eigenvalue weighted by atomic mass is 16.3. The molecule has 0 spiro atoms. The van der Waals surface area contributed by atoms with Crippen LogP contribution in [0.2, 0.25) is 0 Å². The number of carbonyl (C=O) groups is 1. The summed E-state index contributed by atoms with van der Waals surface area (Å²) in [5, 5.41) is 14.5. The second-order valence-corrected chi connectivity index (χ2v) is 12.4. The maximum absolute atomic E-state index is 13.1. The van der Waals surface area contributed by atoms with Gasteiger partial charge in [0.2, 0.25) is 5.91 Å². The first kappa shape index (κ1) is 26.0. The highest BCUT2D eigenvalue weighted by Gasteiger charge is 2.34. The van der Waals surface area contributed by atoms with Gasteiger partial charge in [-0.1, -0.05) is 18.2 Å². The average molecular weight is 520 g/mol. The fourth-order valence-electron chi connectivity index (χ4n) is 7.28. The number of nitrogens with zero attached hydrogens (tertiary/aromatic N) is 5. The number of rotatable bonds is 5. The number of aliphatic hydroxyl groups is 1. The summed E-state index contributed by atoms with van der Waals surface area (Å²) < 4.78 is 2.10. The molecule has 1 amide bonds. The maximum Gasteiger partial charge on any atom is 0.225 e. The Balaban J connectivity index is 1.06. The van der Waals surface area contributed by atoms with Crippen molar-refractivity contribution in [2.45, 2.75) is 82.9 Å². The van der Waals surface area contributed by atoms with Crippen molar-refractivity contribution in [3.8, 4) is 0 Å². The Morgan fingerprint density at radius 3 is 2.50 bits per heavy atom. The van der Waals surface area contributed by atoms with Gasteiger partial charge >= 0.3 is 0 Å². The third-order valence-corrected chi connectivity index (χ3v) is 9.82. The highest BCUT2D eigenvalue weighted by Crippen LogP contribution is 2.37. The summed E-state index contributed by atoms with van der Waals surface area (Å²) >= 11 is 0. The summed E-state index contributed by atoms with van der Waals surface area (Å²) in [6.45, 7) is 10.4. The molecule has 206 valence electrons. The van der Waals surface area contributed by atoms with Crippen LogP contribution in [0.25, 0.3) is 0 Å². The quantitative estimate of drug-likeness (QED) is 0.635. The Morgan fingerprint density at radius 1 is 1.03 bits per heavy atom. The van der Waals surface area contributed by atoms with Gasteiger partial charge in [0.15, 0.2) is 0 Å². The average Bonchev–Trinajstić information content (AvgIpc) is 3.61. The zero-order valence-corrected chi connectivity index (χ0v) is 23.2. The minimum atomic E-state index is -0.213. The number of carbonyl (C=O) groups excluding carboxylic acids is 1. The van der Waals surface area contributed by atoms with Crippen LogP contribution < -0.4 is 0 Å². The molecule has 1 aromatic rings. The Hall–Kier alpha value is -2.22. The van der Waals surface area contributed by atoms with E-state index in [0.717, 1.165) is 64.7 Å².